The Labute approximate surface area is 160 Å². The number of fused-ring (bicyclic) bond motifs is 1. The minimum atomic E-state index is -3.60. The molecule has 1 amide bonds. The second kappa shape index (κ2) is 7.31. The molecule has 1 aliphatic heterocycles. The molecule has 1 aliphatic carbocycles. The zero-order valence-electron chi connectivity index (χ0n) is 15.1. The van der Waals surface area contributed by atoms with Crippen molar-refractivity contribution in [1.29, 1.82) is 0 Å². The number of hydrogen-bond acceptors (Lipinski definition) is 3. The molecule has 0 aromatic heterocycles. The molecule has 2 aromatic carbocycles. The van der Waals surface area contributed by atoms with E-state index in [-0.39, 0.29) is 16.6 Å². The van der Waals surface area contributed by atoms with Crippen molar-refractivity contribution in [2.75, 3.05) is 13.1 Å². The molecule has 2 atom stereocenters. The van der Waals surface area contributed by atoms with Gasteiger partial charge in [-0.1, -0.05) is 54.6 Å². The van der Waals surface area contributed by atoms with Crippen LogP contribution in [0.5, 0.6) is 0 Å². The van der Waals surface area contributed by atoms with Crippen molar-refractivity contribution >= 4 is 15.7 Å². The Morgan fingerprint density at radius 3 is 2.15 bits per heavy atom. The van der Waals surface area contributed by atoms with Crippen LogP contribution in [0.4, 0.5) is 0 Å². The molecule has 0 unspecified atom stereocenters. The second-order valence-corrected chi connectivity index (χ2v) is 9.37. The number of likely N-dealkylation sites (tertiary alicyclic amines) is 1. The Kier molecular flexibility index (Phi) is 4.87. The Morgan fingerprint density at radius 2 is 1.48 bits per heavy atom. The fraction of sp³-hybridized carbons (Fsp3) is 0.318. The predicted molar refractivity (Wildman–Crippen MR) is 105 cm³/mol. The maximum Gasteiger partial charge on any atom is 0.255 e. The standard InChI is InChI=1S/C22H23NO3S/c24-22(23-14-18-10-4-5-11-19(18)15-23)20-12-6-7-13-21(20)27(25,26)16-17-8-2-1-3-9-17/h1-9,12-13,18-19H,10-11,14-16H2/t18-,19+. The Morgan fingerprint density at radius 1 is 0.889 bits per heavy atom. The molecular formula is C22H23NO3S. The fourth-order valence-corrected chi connectivity index (χ4v) is 5.70. The Balaban J connectivity index is 1.60. The van der Waals surface area contributed by atoms with Crippen LogP contribution in [0.1, 0.15) is 28.8 Å². The normalized spacial score (nSPS) is 21.9. The quantitative estimate of drug-likeness (QED) is 0.759. The average Bonchev–Trinajstić information content (AvgIpc) is 3.12. The summed E-state index contributed by atoms with van der Waals surface area (Å²) in [6.45, 7) is 1.42. The monoisotopic (exact) mass is 381 g/mol. The van der Waals surface area contributed by atoms with Crippen molar-refractivity contribution in [2.45, 2.75) is 23.5 Å². The Bertz CT molecular complexity index is 950. The molecule has 0 saturated carbocycles. The topological polar surface area (TPSA) is 54.5 Å². The van der Waals surface area contributed by atoms with Gasteiger partial charge in [-0.2, -0.15) is 0 Å². The summed E-state index contributed by atoms with van der Waals surface area (Å²) in [5.74, 6) is 0.712. The van der Waals surface area contributed by atoms with E-state index in [4.69, 9.17) is 0 Å². The van der Waals surface area contributed by atoms with E-state index in [9.17, 15) is 13.2 Å². The number of rotatable bonds is 4. The van der Waals surface area contributed by atoms with Crippen LogP contribution >= 0.6 is 0 Å². The number of benzene rings is 2. The Hall–Kier alpha value is -2.40. The second-order valence-electron chi connectivity index (χ2n) is 7.41. The highest BCUT2D eigenvalue weighted by Crippen LogP contribution is 2.34. The molecule has 0 bridgehead atoms. The fourth-order valence-electron chi connectivity index (χ4n) is 4.14. The van der Waals surface area contributed by atoms with Gasteiger partial charge in [0.1, 0.15) is 0 Å². The van der Waals surface area contributed by atoms with E-state index in [0.717, 1.165) is 18.4 Å². The van der Waals surface area contributed by atoms with Crippen LogP contribution in [-0.4, -0.2) is 32.3 Å². The summed E-state index contributed by atoms with van der Waals surface area (Å²) in [5.41, 5.74) is 1.01. The third-order valence-electron chi connectivity index (χ3n) is 5.56. The molecule has 140 valence electrons. The van der Waals surface area contributed by atoms with Gasteiger partial charge in [-0.25, -0.2) is 8.42 Å². The molecule has 4 nitrogen and oxygen atoms in total. The zero-order chi connectivity index (χ0) is 18.9. The van der Waals surface area contributed by atoms with Gasteiger partial charge in [0.15, 0.2) is 9.84 Å². The lowest BCUT2D eigenvalue weighted by Crippen LogP contribution is -2.30. The van der Waals surface area contributed by atoms with Crippen LogP contribution < -0.4 is 0 Å². The molecule has 1 heterocycles. The highest BCUT2D eigenvalue weighted by molar-refractivity contribution is 7.90. The van der Waals surface area contributed by atoms with E-state index in [0.29, 0.717) is 30.5 Å². The largest absolute Gasteiger partial charge is 0.338 e. The first-order valence-electron chi connectivity index (χ1n) is 9.34. The summed E-state index contributed by atoms with van der Waals surface area (Å²) in [7, 11) is -3.60. The molecule has 5 heteroatoms. The average molecular weight is 381 g/mol. The SMILES string of the molecule is O=C(c1ccccc1S(=O)(=O)Cc1ccccc1)N1C[C@H]2CC=CC[C@H]2C1. The van der Waals surface area contributed by atoms with Crippen molar-refractivity contribution in [3.05, 3.63) is 77.9 Å². The van der Waals surface area contributed by atoms with E-state index < -0.39 is 9.84 Å². The minimum absolute atomic E-state index is 0.104. The summed E-state index contributed by atoms with van der Waals surface area (Å²) in [5, 5.41) is 0. The maximum atomic E-state index is 13.2. The van der Waals surface area contributed by atoms with Crippen molar-refractivity contribution in [2.24, 2.45) is 11.8 Å². The van der Waals surface area contributed by atoms with Gasteiger partial charge in [0.2, 0.25) is 0 Å². The third kappa shape index (κ3) is 3.69. The molecule has 0 N–H and O–H groups in total. The van der Waals surface area contributed by atoms with Gasteiger partial charge < -0.3 is 4.90 Å². The van der Waals surface area contributed by atoms with Gasteiger partial charge in [-0.15, -0.1) is 0 Å². The maximum absolute atomic E-state index is 13.2. The van der Waals surface area contributed by atoms with Crippen LogP contribution in [-0.2, 0) is 15.6 Å². The molecule has 0 spiro atoms. The zero-order valence-corrected chi connectivity index (χ0v) is 15.9. The smallest absolute Gasteiger partial charge is 0.255 e. The highest BCUT2D eigenvalue weighted by Gasteiger charge is 2.36. The molecule has 0 radical (unpaired) electrons. The third-order valence-corrected chi connectivity index (χ3v) is 7.30. The molecule has 2 aromatic rings. The highest BCUT2D eigenvalue weighted by atomic mass is 32.2. The van der Waals surface area contributed by atoms with E-state index in [1.54, 1.807) is 36.4 Å². The number of allylic oxidation sites excluding steroid dienone is 2. The molecule has 1 saturated heterocycles. The minimum Gasteiger partial charge on any atom is -0.338 e. The summed E-state index contributed by atoms with van der Waals surface area (Å²) < 4.78 is 26.0. The van der Waals surface area contributed by atoms with E-state index in [2.05, 4.69) is 12.2 Å². The van der Waals surface area contributed by atoms with Gasteiger partial charge in [0.05, 0.1) is 16.2 Å². The lowest BCUT2D eigenvalue weighted by molar-refractivity contribution is 0.0780. The summed E-state index contributed by atoms with van der Waals surface area (Å²) in [6.07, 6.45) is 6.38. The molecule has 2 aliphatic rings. The first-order valence-corrected chi connectivity index (χ1v) is 11.0. The number of hydrogen-bond donors (Lipinski definition) is 0. The van der Waals surface area contributed by atoms with E-state index in [1.807, 2.05) is 23.1 Å². The van der Waals surface area contributed by atoms with Crippen LogP contribution in [0.25, 0.3) is 0 Å². The molecule has 1 fully saturated rings. The number of sulfone groups is 1. The van der Waals surface area contributed by atoms with Crippen molar-refractivity contribution in [1.82, 2.24) is 4.90 Å². The predicted octanol–water partition coefficient (Wildman–Crippen LogP) is 3.70. The molecule has 4 rings (SSSR count). The van der Waals surface area contributed by atoms with Gasteiger partial charge in [-0.3, -0.25) is 4.79 Å². The summed E-state index contributed by atoms with van der Waals surface area (Å²) >= 11 is 0. The summed E-state index contributed by atoms with van der Waals surface area (Å²) in [6, 6.07) is 15.7. The van der Waals surface area contributed by atoms with Crippen molar-refractivity contribution < 1.29 is 13.2 Å². The first kappa shape index (κ1) is 18.0. The first-order chi connectivity index (χ1) is 13.0. The van der Waals surface area contributed by atoms with Crippen LogP contribution in [0, 0.1) is 11.8 Å². The van der Waals surface area contributed by atoms with Crippen LogP contribution in [0.15, 0.2) is 71.6 Å². The van der Waals surface area contributed by atoms with Gasteiger partial charge in [0, 0.05) is 13.1 Å². The van der Waals surface area contributed by atoms with Gasteiger partial charge >= 0.3 is 0 Å². The number of amides is 1. The molecule has 27 heavy (non-hydrogen) atoms. The van der Waals surface area contributed by atoms with Crippen molar-refractivity contribution in [3.8, 4) is 0 Å². The van der Waals surface area contributed by atoms with E-state index >= 15 is 0 Å². The number of carbonyl (C=O) groups is 1. The molecular weight excluding hydrogens is 358 g/mol. The van der Waals surface area contributed by atoms with E-state index in [1.165, 1.54) is 0 Å². The van der Waals surface area contributed by atoms with Gasteiger partial charge in [0.25, 0.3) is 5.91 Å². The van der Waals surface area contributed by atoms with Gasteiger partial charge in [-0.05, 0) is 42.4 Å². The lowest BCUT2D eigenvalue weighted by atomic mass is 9.86. The van der Waals surface area contributed by atoms with Crippen molar-refractivity contribution in [3.63, 3.8) is 0 Å². The number of nitrogens with zero attached hydrogens (tertiary/aromatic N) is 1. The van der Waals surface area contributed by atoms with Crippen LogP contribution in [0.3, 0.4) is 0 Å². The summed E-state index contributed by atoms with van der Waals surface area (Å²) in [4.78, 5) is 15.1. The lowest BCUT2D eigenvalue weighted by Gasteiger charge is -2.18. The number of carbonyl (C=O) groups excluding carboxylic acids is 1. The van der Waals surface area contributed by atoms with Crippen LogP contribution in [0.2, 0.25) is 0 Å².